The maximum atomic E-state index is 12.6. The Balaban J connectivity index is 1.61. The van der Waals surface area contributed by atoms with E-state index in [9.17, 15) is 13.2 Å². The van der Waals surface area contributed by atoms with Crippen molar-refractivity contribution in [2.24, 2.45) is 0 Å². The zero-order valence-electron chi connectivity index (χ0n) is 15.3. The fourth-order valence-electron chi connectivity index (χ4n) is 2.69. The Morgan fingerprint density at radius 1 is 1.04 bits per heavy atom. The van der Waals surface area contributed by atoms with Crippen LogP contribution in [-0.4, -0.2) is 50.0 Å². The van der Waals surface area contributed by atoms with Gasteiger partial charge in [0.2, 0.25) is 10.0 Å². The van der Waals surface area contributed by atoms with E-state index >= 15 is 0 Å². The average Bonchev–Trinajstić information content (AvgIpc) is 2.69. The van der Waals surface area contributed by atoms with Gasteiger partial charge in [0.15, 0.2) is 5.11 Å². The highest BCUT2D eigenvalue weighted by Gasteiger charge is 2.26. The number of aryl methyl sites for hydroxylation is 1. The lowest BCUT2D eigenvalue weighted by atomic mass is 10.1. The Morgan fingerprint density at radius 3 is 2.25 bits per heavy atom. The number of hydrogen-bond acceptors (Lipinski definition) is 5. The number of hydrogen-bond donors (Lipinski definition) is 2. The number of nitrogens with one attached hydrogen (secondary N) is 2. The topological polar surface area (TPSA) is 87.7 Å². The monoisotopic (exact) mass is 419 g/mol. The van der Waals surface area contributed by atoms with Crippen LogP contribution in [0.25, 0.3) is 0 Å². The maximum Gasteiger partial charge on any atom is 0.257 e. The standard InChI is InChI=1S/C19H21N3O4S2/c1-14-2-4-15(5-3-14)18(23)21-19(27)20-16-6-8-17(9-7-16)28(24,25)22-10-12-26-13-11-22/h2-9H,10-13H2,1H3,(H2,20,21,23,27). The number of ether oxygens (including phenoxy) is 1. The van der Waals surface area contributed by atoms with Crippen LogP contribution in [0.5, 0.6) is 0 Å². The van der Waals surface area contributed by atoms with Crippen LogP contribution in [0.3, 0.4) is 0 Å². The summed E-state index contributed by atoms with van der Waals surface area (Å²) < 4.78 is 31.8. The number of carbonyl (C=O) groups excluding carboxylic acids is 1. The minimum atomic E-state index is -3.54. The van der Waals surface area contributed by atoms with Crippen LogP contribution in [0.4, 0.5) is 5.69 Å². The van der Waals surface area contributed by atoms with Gasteiger partial charge in [-0.05, 0) is 55.5 Å². The van der Waals surface area contributed by atoms with Crippen molar-refractivity contribution in [1.29, 1.82) is 0 Å². The van der Waals surface area contributed by atoms with Crippen molar-refractivity contribution < 1.29 is 17.9 Å². The van der Waals surface area contributed by atoms with E-state index in [-0.39, 0.29) is 15.9 Å². The molecule has 1 aliphatic heterocycles. The van der Waals surface area contributed by atoms with Crippen LogP contribution in [-0.2, 0) is 14.8 Å². The Kier molecular flexibility index (Phi) is 6.40. The molecule has 0 aliphatic carbocycles. The molecule has 28 heavy (non-hydrogen) atoms. The third-order valence-corrected chi connectivity index (χ3v) is 6.38. The molecular weight excluding hydrogens is 398 g/mol. The number of nitrogens with zero attached hydrogens (tertiary/aromatic N) is 1. The summed E-state index contributed by atoms with van der Waals surface area (Å²) in [6.45, 7) is 3.42. The second-order valence-electron chi connectivity index (χ2n) is 6.32. The quantitative estimate of drug-likeness (QED) is 0.739. The first-order valence-electron chi connectivity index (χ1n) is 8.73. The number of morpholine rings is 1. The lowest BCUT2D eigenvalue weighted by Gasteiger charge is -2.26. The van der Waals surface area contributed by atoms with E-state index in [4.69, 9.17) is 17.0 Å². The van der Waals surface area contributed by atoms with Gasteiger partial charge < -0.3 is 10.1 Å². The van der Waals surface area contributed by atoms with E-state index in [1.54, 1.807) is 24.3 Å². The summed E-state index contributed by atoms with van der Waals surface area (Å²) >= 11 is 5.16. The molecule has 0 radical (unpaired) electrons. The Hall–Kier alpha value is -2.33. The molecule has 9 heteroatoms. The SMILES string of the molecule is Cc1ccc(C(=O)NC(=S)Nc2ccc(S(=O)(=O)N3CCOCC3)cc2)cc1. The summed E-state index contributed by atoms with van der Waals surface area (Å²) in [4.78, 5) is 12.4. The highest BCUT2D eigenvalue weighted by Crippen LogP contribution is 2.19. The van der Waals surface area contributed by atoms with Crippen molar-refractivity contribution in [2.45, 2.75) is 11.8 Å². The van der Waals surface area contributed by atoms with Crippen LogP contribution < -0.4 is 10.6 Å². The lowest BCUT2D eigenvalue weighted by molar-refractivity contribution is 0.0730. The van der Waals surface area contributed by atoms with Gasteiger partial charge in [-0.25, -0.2) is 8.42 Å². The Labute approximate surface area is 169 Å². The van der Waals surface area contributed by atoms with Gasteiger partial charge in [0.25, 0.3) is 5.91 Å². The number of rotatable bonds is 4. The first-order valence-corrected chi connectivity index (χ1v) is 10.6. The zero-order valence-corrected chi connectivity index (χ0v) is 17.0. The van der Waals surface area contributed by atoms with Gasteiger partial charge >= 0.3 is 0 Å². The number of carbonyl (C=O) groups is 1. The number of thiocarbonyl (C=S) groups is 1. The Morgan fingerprint density at radius 2 is 1.64 bits per heavy atom. The molecule has 1 saturated heterocycles. The first-order chi connectivity index (χ1) is 13.4. The summed E-state index contributed by atoms with van der Waals surface area (Å²) in [5.74, 6) is -0.316. The molecule has 0 aromatic heterocycles. The van der Waals surface area contributed by atoms with Crippen LogP contribution >= 0.6 is 12.2 Å². The highest BCUT2D eigenvalue weighted by atomic mass is 32.2. The van der Waals surface area contributed by atoms with Gasteiger partial charge in [-0.15, -0.1) is 0 Å². The van der Waals surface area contributed by atoms with Crippen LogP contribution in [0.15, 0.2) is 53.4 Å². The summed E-state index contributed by atoms with van der Waals surface area (Å²) in [5, 5.41) is 5.62. The van der Waals surface area contributed by atoms with Crippen molar-refractivity contribution in [2.75, 3.05) is 31.6 Å². The van der Waals surface area contributed by atoms with Gasteiger partial charge in [0, 0.05) is 24.3 Å². The van der Waals surface area contributed by atoms with Crippen molar-refractivity contribution in [3.8, 4) is 0 Å². The molecule has 2 aromatic carbocycles. The molecule has 0 bridgehead atoms. The first kappa shape index (κ1) is 20.4. The number of benzene rings is 2. The average molecular weight is 420 g/mol. The molecular formula is C19H21N3O4S2. The van der Waals surface area contributed by atoms with Crippen LogP contribution in [0.2, 0.25) is 0 Å². The molecule has 1 fully saturated rings. The highest BCUT2D eigenvalue weighted by molar-refractivity contribution is 7.89. The molecule has 0 spiro atoms. The van der Waals surface area contributed by atoms with Crippen molar-refractivity contribution in [3.63, 3.8) is 0 Å². The lowest BCUT2D eigenvalue weighted by Crippen LogP contribution is -2.40. The molecule has 1 amide bonds. The molecule has 1 heterocycles. The predicted molar refractivity (Wildman–Crippen MR) is 111 cm³/mol. The second kappa shape index (κ2) is 8.78. The van der Waals surface area contributed by atoms with E-state index < -0.39 is 10.0 Å². The molecule has 7 nitrogen and oxygen atoms in total. The molecule has 0 saturated carbocycles. The largest absolute Gasteiger partial charge is 0.379 e. The molecule has 1 aliphatic rings. The maximum absolute atomic E-state index is 12.6. The zero-order chi connectivity index (χ0) is 20.1. The van der Waals surface area contributed by atoms with Gasteiger partial charge in [0.05, 0.1) is 18.1 Å². The third kappa shape index (κ3) is 4.93. The fourth-order valence-corrected chi connectivity index (χ4v) is 4.31. The fraction of sp³-hybridized carbons (Fsp3) is 0.263. The van der Waals surface area contributed by atoms with Crippen LogP contribution in [0.1, 0.15) is 15.9 Å². The van der Waals surface area contributed by atoms with E-state index in [0.29, 0.717) is 37.6 Å². The van der Waals surface area contributed by atoms with Crippen LogP contribution in [0, 0.1) is 6.92 Å². The minimum Gasteiger partial charge on any atom is -0.379 e. The summed E-state index contributed by atoms with van der Waals surface area (Å²) in [5.41, 5.74) is 2.14. The molecule has 0 unspecified atom stereocenters. The number of sulfonamides is 1. The minimum absolute atomic E-state index is 0.134. The van der Waals surface area contributed by atoms with Gasteiger partial charge in [0.1, 0.15) is 0 Å². The summed E-state index contributed by atoms with van der Waals surface area (Å²) in [7, 11) is -3.54. The predicted octanol–water partition coefficient (Wildman–Crippen LogP) is 2.14. The molecule has 2 N–H and O–H groups in total. The molecule has 2 aromatic rings. The smallest absolute Gasteiger partial charge is 0.257 e. The van der Waals surface area contributed by atoms with E-state index in [2.05, 4.69) is 10.6 Å². The van der Waals surface area contributed by atoms with E-state index in [1.165, 1.54) is 16.4 Å². The van der Waals surface area contributed by atoms with E-state index in [0.717, 1.165) is 5.56 Å². The second-order valence-corrected chi connectivity index (χ2v) is 8.66. The van der Waals surface area contributed by atoms with Gasteiger partial charge in [-0.3, -0.25) is 10.1 Å². The van der Waals surface area contributed by atoms with Gasteiger partial charge in [-0.2, -0.15) is 4.31 Å². The Bertz CT molecular complexity index is 952. The number of amides is 1. The summed E-state index contributed by atoms with van der Waals surface area (Å²) in [6, 6.07) is 13.4. The normalized spacial score (nSPS) is 15.0. The van der Waals surface area contributed by atoms with Crippen molar-refractivity contribution in [1.82, 2.24) is 9.62 Å². The van der Waals surface area contributed by atoms with Crippen molar-refractivity contribution >= 4 is 38.9 Å². The van der Waals surface area contributed by atoms with Gasteiger partial charge in [-0.1, -0.05) is 17.7 Å². The third-order valence-electron chi connectivity index (χ3n) is 4.26. The molecule has 3 rings (SSSR count). The summed E-state index contributed by atoms with van der Waals surface area (Å²) in [6.07, 6.45) is 0. The molecule has 148 valence electrons. The van der Waals surface area contributed by atoms with E-state index in [1.807, 2.05) is 19.1 Å². The number of anilines is 1. The van der Waals surface area contributed by atoms with Crippen molar-refractivity contribution in [3.05, 3.63) is 59.7 Å². The molecule has 0 atom stereocenters.